The second-order valence-electron chi connectivity index (χ2n) is 2.16. The van der Waals surface area contributed by atoms with Crippen molar-refractivity contribution in [2.45, 2.75) is 0 Å². The molecule has 0 unspecified atom stereocenters. The smallest absolute Gasteiger partial charge is 0.220 e. The zero-order valence-electron chi connectivity index (χ0n) is 6.44. The number of para-hydroxylation sites is 1. The molecular weight excluding hydrogens is 176 g/mol. The van der Waals surface area contributed by atoms with Crippen LogP contribution in [0.2, 0.25) is 0 Å². The van der Waals surface area contributed by atoms with Crippen LogP contribution in [0.3, 0.4) is 0 Å². The summed E-state index contributed by atoms with van der Waals surface area (Å²) in [5.41, 5.74) is 0.151. The van der Waals surface area contributed by atoms with Crippen molar-refractivity contribution >= 4 is 17.7 Å². The van der Waals surface area contributed by atoms with Crippen LogP contribution >= 0.6 is 12.6 Å². The maximum Gasteiger partial charge on any atom is 0.220 e. The Labute approximate surface area is 75.4 Å². The van der Waals surface area contributed by atoms with E-state index in [9.17, 15) is 9.90 Å². The fourth-order valence-corrected chi connectivity index (χ4v) is 1.04. The minimum atomic E-state index is -0.480. The minimum Gasteiger partial charge on any atom is -0.504 e. The molecule has 0 amide bonds. The molecule has 0 saturated carbocycles. The quantitative estimate of drug-likeness (QED) is 0.684. The first kappa shape index (κ1) is 8.93. The maximum absolute atomic E-state index is 10.8. The van der Waals surface area contributed by atoms with Gasteiger partial charge in [-0.25, -0.2) is 0 Å². The van der Waals surface area contributed by atoms with E-state index >= 15 is 0 Å². The fourth-order valence-electron chi connectivity index (χ4n) is 0.860. The summed E-state index contributed by atoms with van der Waals surface area (Å²) in [6.45, 7) is 0. The SMILES string of the molecule is COc1cccc(C(=O)S)c1O. The van der Waals surface area contributed by atoms with Crippen LogP contribution in [0.15, 0.2) is 18.2 Å². The number of carbonyl (C=O) groups excluding carboxylic acids is 1. The number of benzene rings is 1. The first-order chi connectivity index (χ1) is 5.66. The summed E-state index contributed by atoms with van der Waals surface area (Å²) in [5.74, 6) is 0.106. The van der Waals surface area contributed by atoms with Crippen molar-refractivity contribution < 1.29 is 14.6 Å². The molecule has 0 bridgehead atoms. The Bertz CT molecular complexity index is 309. The van der Waals surface area contributed by atoms with E-state index in [1.165, 1.54) is 13.2 Å². The third-order valence-corrected chi connectivity index (χ3v) is 1.69. The lowest BCUT2D eigenvalue weighted by Crippen LogP contribution is -1.92. The molecule has 1 aromatic carbocycles. The normalized spacial score (nSPS) is 9.50. The lowest BCUT2D eigenvalue weighted by Gasteiger charge is -2.04. The van der Waals surface area contributed by atoms with Gasteiger partial charge in [-0.2, -0.15) is 0 Å². The topological polar surface area (TPSA) is 46.5 Å². The summed E-state index contributed by atoms with van der Waals surface area (Å²) in [6, 6.07) is 4.66. The summed E-state index contributed by atoms with van der Waals surface area (Å²) >= 11 is 3.59. The van der Waals surface area contributed by atoms with E-state index < -0.39 is 5.12 Å². The Morgan fingerprint density at radius 3 is 2.75 bits per heavy atom. The highest BCUT2D eigenvalue weighted by Crippen LogP contribution is 2.29. The van der Waals surface area contributed by atoms with Gasteiger partial charge in [-0.1, -0.05) is 6.07 Å². The van der Waals surface area contributed by atoms with Gasteiger partial charge in [0, 0.05) is 0 Å². The van der Waals surface area contributed by atoms with Crippen molar-refractivity contribution in [3.8, 4) is 11.5 Å². The van der Waals surface area contributed by atoms with E-state index in [0.717, 1.165) is 0 Å². The van der Waals surface area contributed by atoms with Crippen molar-refractivity contribution in [3.63, 3.8) is 0 Å². The Balaban J connectivity index is 3.23. The average molecular weight is 184 g/mol. The average Bonchev–Trinajstić information content (AvgIpc) is 2.04. The van der Waals surface area contributed by atoms with Gasteiger partial charge >= 0.3 is 0 Å². The number of ether oxygens (including phenoxy) is 1. The molecule has 0 atom stereocenters. The molecule has 0 fully saturated rings. The highest BCUT2D eigenvalue weighted by atomic mass is 32.1. The number of methoxy groups -OCH3 is 1. The van der Waals surface area contributed by atoms with Crippen LogP contribution in [0.4, 0.5) is 0 Å². The minimum absolute atomic E-state index is 0.151. The molecule has 12 heavy (non-hydrogen) atoms. The summed E-state index contributed by atoms with van der Waals surface area (Å²) < 4.78 is 4.80. The Hall–Kier alpha value is -1.16. The van der Waals surface area contributed by atoms with Crippen LogP contribution in [0, 0.1) is 0 Å². The fraction of sp³-hybridized carbons (Fsp3) is 0.125. The molecule has 0 heterocycles. The van der Waals surface area contributed by atoms with Crippen molar-refractivity contribution in [3.05, 3.63) is 23.8 Å². The number of carbonyl (C=O) groups is 1. The molecule has 0 spiro atoms. The first-order valence-electron chi connectivity index (χ1n) is 3.26. The van der Waals surface area contributed by atoms with Gasteiger partial charge in [-0.05, 0) is 12.1 Å². The molecule has 0 saturated heterocycles. The summed E-state index contributed by atoms with van der Waals surface area (Å²) in [5, 5.41) is 8.88. The molecule has 1 N–H and O–H groups in total. The maximum atomic E-state index is 10.8. The summed E-state index contributed by atoms with van der Waals surface area (Å²) in [4.78, 5) is 10.8. The Morgan fingerprint density at radius 1 is 1.58 bits per heavy atom. The van der Waals surface area contributed by atoms with E-state index in [4.69, 9.17) is 4.74 Å². The van der Waals surface area contributed by atoms with E-state index in [2.05, 4.69) is 12.6 Å². The van der Waals surface area contributed by atoms with Crippen LogP contribution in [-0.4, -0.2) is 17.3 Å². The summed E-state index contributed by atoms with van der Waals surface area (Å²) in [6.07, 6.45) is 0. The molecule has 0 aromatic heterocycles. The number of phenolic OH excluding ortho intramolecular Hbond substituents is 1. The third kappa shape index (κ3) is 1.53. The van der Waals surface area contributed by atoms with Gasteiger partial charge in [-0.15, -0.1) is 12.6 Å². The van der Waals surface area contributed by atoms with E-state index in [-0.39, 0.29) is 17.1 Å². The van der Waals surface area contributed by atoms with Crippen molar-refractivity contribution in [2.75, 3.05) is 7.11 Å². The predicted molar refractivity (Wildman–Crippen MR) is 48.0 cm³/mol. The van der Waals surface area contributed by atoms with Gasteiger partial charge in [0.25, 0.3) is 0 Å². The van der Waals surface area contributed by atoms with Crippen LogP contribution in [0.5, 0.6) is 11.5 Å². The van der Waals surface area contributed by atoms with Crippen LogP contribution < -0.4 is 4.74 Å². The van der Waals surface area contributed by atoms with E-state index in [0.29, 0.717) is 0 Å². The van der Waals surface area contributed by atoms with Gasteiger partial charge in [0.05, 0.1) is 12.7 Å². The standard InChI is InChI=1S/C8H8O3S/c1-11-6-4-2-3-5(7(6)9)8(10)12/h2-4,9H,1H3,(H,10,12). The number of thiol groups is 1. The number of hydrogen-bond acceptors (Lipinski definition) is 3. The number of rotatable bonds is 2. The van der Waals surface area contributed by atoms with Crippen molar-refractivity contribution in [1.29, 1.82) is 0 Å². The van der Waals surface area contributed by atoms with Gasteiger partial charge in [-0.3, -0.25) is 4.79 Å². The van der Waals surface area contributed by atoms with Gasteiger partial charge in [0.15, 0.2) is 11.5 Å². The molecule has 0 radical (unpaired) electrons. The van der Waals surface area contributed by atoms with Crippen molar-refractivity contribution in [2.24, 2.45) is 0 Å². The summed E-state index contributed by atoms with van der Waals surface area (Å²) in [7, 11) is 1.42. The zero-order valence-corrected chi connectivity index (χ0v) is 7.34. The van der Waals surface area contributed by atoms with Crippen LogP contribution in [0.25, 0.3) is 0 Å². The monoisotopic (exact) mass is 184 g/mol. The lowest BCUT2D eigenvalue weighted by atomic mass is 10.2. The highest BCUT2D eigenvalue weighted by Gasteiger charge is 2.10. The molecule has 0 aliphatic rings. The molecule has 4 heteroatoms. The molecule has 0 aliphatic carbocycles. The zero-order chi connectivity index (χ0) is 9.14. The number of hydrogen-bond donors (Lipinski definition) is 2. The van der Waals surface area contributed by atoms with Crippen LogP contribution in [0.1, 0.15) is 10.4 Å². The third-order valence-electron chi connectivity index (χ3n) is 1.45. The van der Waals surface area contributed by atoms with Crippen LogP contribution in [-0.2, 0) is 0 Å². The molecule has 1 aromatic rings. The molecular formula is C8H8O3S. The van der Waals surface area contributed by atoms with E-state index in [1.807, 2.05) is 0 Å². The Morgan fingerprint density at radius 2 is 2.25 bits per heavy atom. The second-order valence-corrected chi connectivity index (χ2v) is 2.57. The van der Waals surface area contributed by atoms with Gasteiger partial charge in [0.1, 0.15) is 0 Å². The largest absolute Gasteiger partial charge is 0.504 e. The van der Waals surface area contributed by atoms with Gasteiger partial charge < -0.3 is 9.84 Å². The first-order valence-corrected chi connectivity index (χ1v) is 3.70. The molecule has 0 aliphatic heterocycles. The number of aromatic hydroxyl groups is 1. The molecule has 1 rings (SSSR count). The van der Waals surface area contributed by atoms with Gasteiger partial charge in [0.2, 0.25) is 5.12 Å². The lowest BCUT2D eigenvalue weighted by molar-refractivity contribution is 0.108. The molecule has 64 valence electrons. The second kappa shape index (κ2) is 3.49. The van der Waals surface area contributed by atoms with Crippen molar-refractivity contribution in [1.82, 2.24) is 0 Å². The Kier molecular flexibility index (Phi) is 2.60. The predicted octanol–water partition coefficient (Wildman–Crippen LogP) is 1.47. The molecule has 3 nitrogen and oxygen atoms in total. The number of phenols is 1. The highest BCUT2D eigenvalue weighted by molar-refractivity contribution is 7.97. The van der Waals surface area contributed by atoms with E-state index in [1.54, 1.807) is 12.1 Å².